The van der Waals surface area contributed by atoms with Gasteiger partial charge >= 0.3 is 5.97 Å². The Labute approximate surface area is 174 Å². The molecule has 0 saturated heterocycles. The standard InChI is InChI=1S/C22H25N3O3S/c1-4-25-19-12-11-17(21(27)28-5-2)13-18(19)23-22(25)29-15-20(26)24(3)14-16-9-7-6-8-10-16/h6-13H,4-5,14-15H2,1-3H3. The molecule has 0 N–H and O–H groups in total. The number of carbonyl (C=O) groups excluding carboxylic acids is 2. The molecule has 2 aromatic carbocycles. The number of imidazole rings is 1. The van der Waals surface area contributed by atoms with Crippen molar-refractivity contribution in [2.45, 2.75) is 32.1 Å². The van der Waals surface area contributed by atoms with Gasteiger partial charge in [0.15, 0.2) is 5.16 Å². The van der Waals surface area contributed by atoms with Gasteiger partial charge in [-0.1, -0.05) is 42.1 Å². The zero-order valence-corrected chi connectivity index (χ0v) is 17.7. The molecule has 0 atom stereocenters. The molecule has 0 saturated carbocycles. The van der Waals surface area contributed by atoms with Gasteiger partial charge in [-0.3, -0.25) is 4.79 Å². The molecule has 1 amide bonds. The molecule has 1 aromatic heterocycles. The number of thioether (sulfide) groups is 1. The summed E-state index contributed by atoms with van der Waals surface area (Å²) < 4.78 is 7.12. The Balaban J connectivity index is 1.71. The van der Waals surface area contributed by atoms with Gasteiger partial charge < -0.3 is 14.2 Å². The van der Waals surface area contributed by atoms with Crippen LogP contribution in [0.2, 0.25) is 0 Å². The predicted molar refractivity (Wildman–Crippen MR) is 115 cm³/mol. The number of ether oxygens (including phenoxy) is 1. The van der Waals surface area contributed by atoms with Crippen LogP contribution in [-0.4, -0.2) is 45.7 Å². The van der Waals surface area contributed by atoms with E-state index in [1.165, 1.54) is 11.8 Å². The van der Waals surface area contributed by atoms with Gasteiger partial charge in [-0.05, 0) is 37.6 Å². The van der Waals surface area contributed by atoms with Crippen LogP contribution in [0.5, 0.6) is 0 Å². The number of aromatic nitrogens is 2. The summed E-state index contributed by atoms with van der Waals surface area (Å²) in [6.45, 7) is 5.45. The van der Waals surface area contributed by atoms with E-state index >= 15 is 0 Å². The van der Waals surface area contributed by atoms with Crippen molar-refractivity contribution in [1.29, 1.82) is 0 Å². The van der Waals surface area contributed by atoms with Crippen LogP contribution in [0.25, 0.3) is 11.0 Å². The van der Waals surface area contributed by atoms with Crippen LogP contribution in [0.15, 0.2) is 53.7 Å². The van der Waals surface area contributed by atoms with Crippen molar-refractivity contribution in [2.75, 3.05) is 19.4 Å². The lowest BCUT2D eigenvalue weighted by Gasteiger charge is -2.17. The van der Waals surface area contributed by atoms with Gasteiger partial charge in [-0.25, -0.2) is 9.78 Å². The first-order chi connectivity index (χ1) is 14.0. The number of hydrogen-bond donors (Lipinski definition) is 0. The van der Waals surface area contributed by atoms with Crippen LogP contribution in [0, 0.1) is 0 Å². The zero-order chi connectivity index (χ0) is 20.8. The van der Waals surface area contributed by atoms with E-state index in [4.69, 9.17) is 4.74 Å². The van der Waals surface area contributed by atoms with Crippen LogP contribution in [-0.2, 0) is 22.6 Å². The van der Waals surface area contributed by atoms with E-state index in [0.717, 1.165) is 28.3 Å². The second-order valence-electron chi connectivity index (χ2n) is 6.59. The minimum atomic E-state index is -0.354. The number of fused-ring (bicyclic) bond motifs is 1. The molecule has 0 bridgehead atoms. The van der Waals surface area contributed by atoms with Crippen LogP contribution < -0.4 is 0 Å². The number of esters is 1. The Morgan fingerprint density at radius 1 is 1.14 bits per heavy atom. The van der Waals surface area contributed by atoms with Crippen molar-refractivity contribution in [3.05, 3.63) is 59.7 Å². The van der Waals surface area contributed by atoms with Gasteiger partial charge in [0.05, 0.1) is 29.0 Å². The molecular formula is C22H25N3O3S. The van der Waals surface area contributed by atoms with E-state index < -0.39 is 0 Å². The fourth-order valence-electron chi connectivity index (χ4n) is 3.05. The fraction of sp³-hybridized carbons (Fsp3) is 0.318. The number of rotatable bonds is 8. The lowest BCUT2D eigenvalue weighted by atomic mass is 10.2. The Hall–Kier alpha value is -2.80. The van der Waals surface area contributed by atoms with E-state index in [0.29, 0.717) is 24.5 Å². The number of carbonyl (C=O) groups is 2. The van der Waals surface area contributed by atoms with Crippen molar-refractivity contribution >= 4 is 34.7 Å². The monoisotopic (exact) mass is 411 g/mol. The van der Waals surface area contributed by atoms with Crippen molar-refractivity contribution in [3.8, 4) is 0 Å². The molecule has 0 aliphatic heterocycles. The van der Waals surface area contributed by atoms with Gasteiger partial charge in [0.2, 0.25) is 5.91 Å². The van der Waals surface area contributed by atoms with Crippen LogP contribution in [0.3, 0.4) is 0 Å². The molecule has 0 fully saturated rings. The van der Waals surface area contributed by atoms with Crippen molar-refractivity contribution in [1.82, 2.24) is 14.5 Å². The van der Waals surface area contributed by atoms with Gasteiger partial charge in [0.25, 0.3) is 0 Å². The molecule has 3 aromatic rings. The predicted octanol–water partition coefficient (Wildman–Crippen LogP) is 3.98. The van der Waals surface area contributed by atoms with E-state index in [-0.39, 0.29) is 11.9 Å². The first-order valence-corrected chi connectivity index (χ1v) is 10.6. The first-order valence-electron chi connectivity index (χ1n) is 9.61. The number of amides is 1. The smallest absolute Gasteiger partial charge is 0.338 e. The summed E-state index contributed by atoms with van der Waals surface area (Å²) in [6.07, 6.45) is 0. The highest BCUT2D eigenvalue weighted by molar-refractivity contribution is 7.99. The van der Waals surface area contributed by atoms with Crippen molar-refractivity contribution in [2.24, 2.45) is 0 Å². The number of aryl methyl sites for hydroxylation is 1. The molecule has 0 aliphatic rings. The molecule has 1 heterocycles. The maximum atomic E-state index is 12.6. The highest BCUT2D eigenvalue weighted by Crippen LogP contribution is 2.25. The summed E-state index contributed by atoms with van der Waals surface area (Å²) >= 11 is 1.41. The molecule has 0 radical (unpaired) electrons. The zero-order valence-electron chi connectivity index (χ0n) is 16.9. The van der Waals surface area contributed by atoms with Crippen molar-refractivity contribution in [3.63, 3.8) is 0 Å². The molecule has 152 valence electrons. The van der Waals surface area contributed by atoms with Gasteiger partial charge in [0.1, 0.15) is 0 Å². The average Bonchev–Trinajstić information content (AvgIpc) is 3.09. The maximum absolute atomic E-state index is 12.6. The summed E-state index contributed by atoms with van der Waals surface area (Å²) in [7, 11) is 1.81. The Bertz CT molecular complexity index is 1000. The third-order valence-electron chi connectivity index (χ3n) is 4.55. The SMILES string of the molecule is CCOC(=O)c1ccc2c(c1)nc(SCC(=O)N(C)Cc1ccccc1)n2CC. The molecule has 0 spiro atoms. The van der Waals surface area contributed by atoms with Gasteiger partial charge in [-0.15, -0.1) is 0 Å². The summed E-state index contributed by atoms with van der Waals surface area (Å²) in [5.74, 6) is -0.00894. The molecule has 6 nitrogen and oxygen atoms in total. The molecular weight excluding hydrogens is 386 g/mol. The van der Waals surface area contributed by atoms with E-state index in [1.807, 2.05) is 50.4 Å². The third kappa shape index (κ3) is 4.98. The van der Waals surface area contributed by atoms with Crippen LogP contribution in [0.4, 0.5) is 0 Å². The van der Waals surface area contributed by atoms with Gasteiger partial charge in [-0.2, -0.15) is 0 Å². The minimum Gasteiger partial charge on any atom is -0.462 e. The molecule has 0 aliphatic carbocycles. The number of hydrogen-bond acceptors (Lipinski definition) is 5. The van der Waals surface area contributed by atoms with Gasteiger partial charge in [0, 0.05) is 20.1 Å². The second kappa shape index (κ2) is 9.60. The van der Waals surface area contributed by atoms with Crippen LogP contribution in [0.1, 0.15) is 29.8 Å². The lowest BCUT2D eigenvalue weighted by molar-refractivity contribution is -0.127. The fourth-order valence-corrected chi connectivity index (χ4v) is 4.07. The molecule has 7 heteroatoms. The lowest BCUT2D eigenvalue weighted by Crippen LogP contribution is -2.27. The highest BCUT2D eigenvalue weighted by atomic mass is 32.2. The Morgan fingerprint density at radius 2 is 1.90 bits per heavy atom. The maximum Gasteiger partial charge on any atom is 0.338 e. The second-order valence-corrected chi connectivity index (χ2v) is 7.53. The first kappa shape index (κ1) is 20.9. The van der Waals surface area contributed by atoms with E-state index in [1.54, 1.807) is 24.0 Å². The molecule has 29 heavy (non-hydrogen) atoms. The number of nitrogens with zero attached hydrogens (tertiary/aromatic N) is 3. The summed E-state index contributed by atoms with van der Waals surface area (Å²) in [5, 5.41) is 0.768. The highest BCUT2D eigenvalue weighted by Gasteiger charge is 2.16. The molecule has 0 unspecified atom stereocenters. The molecule has 3 rings (SSSR count). The van der Waals surface area contributed by atoms with E-state index in [9.17, 15) is 9.59 Å². The normalized spacial score (nSPS) is 10.9. The van der Waals surface area contributed by atoms with Crippen LogP contribution >= 0.6 is 11.8 Å². The Morgan fingerprint density at radius 3 is 2.59 bits per heavy atom. The summed E-state index contributed by atoms with van der Waals surface area (Å²) in [5.41, 5.74) is 3.24. The minimum absolute atomic E-state index is 0.0424. The summed E-state index contributed by atoms with van der Waals surface area (Å²) in [4.78, 5) is 30.9. The topological polar surface area (TPSA) is 64.4 Å². The largest absolute Gasteiger partial charge is 0.462 e. The Kier molecular flexibility index (Phi) is 6.93. The summed E-state index contributed by atoms with van der Waals surface area (Å²) in [6, 6.07) is 15.3. The van der Waals surface area contributed by atoms with Crippen molar-refractivity contribution < 1.29 is 14.3 Å². The average molecular weight is 412 g/mol. The van der Waals surface area contributed by atoms with E-state index in [2.05, 4.69) is 9.55 Å². The quantitative estimate of drug-likeness (QED) is 0.414. The number of benzene rings is 2. The third-order valence-corrected chi connectivity index (χ3v) is 5.51.